The van der Waals surface area contributed by atoms with Crippen molar-refractivity contribution < 1.29 is 4.79 Å². The van der Waals surface area contributed by atoms with Crippen molar-refractivity contribution in [3.8, 4) is 5.69 Å². The highest BCUT2D eigenvalue weighted by Gasteiger charge is 2.26. The molecule has 0 unspecified atom stereocenters. The second-order valence-electron chi connectivity index (χ2n) is 10.5. The summed E-state index contributed by atoms with van der Waals surface area (Å²) < 4.78 is 3.72. The average molecular weight is 531 g/mol. The van der Waals surface area contributed by atoms with Gasteiger partial charge in [0.2, 0.25) is 0 Å². The summed E-state index contributed by atoms with van der Waals surface area (Å²) in [5.74, 6) is 1.23. The fraction of sp³-hybridized carbons (Fsp3) is 0.379. The topological polar surface area (TPSA) is 85.0 Å². The normalized spacial score (nSPS) is 19.1. The molecule has 0 radical (unpaired) electrons. The van der Waals surface area contributed by atoms with Gasteiger partial charge in [0.1, 0.15) is 5.82 Å². The van der Waals surface area contributed by atoms with Crippen LogP contribution < -0.4 is 15.9 Å². The highest BCUT2D eigenvalue weighted by atomic mass is 35.5. The first-order valence-corrected chi connectivity index (χ1v) is 13.6. The molecular formula is C29H31ClN6O2. The van der Waals surface area contributed by atoms with Crippen LogP contribution in [0.3, 0.4) is 0 Å². The summed E-state index contributed by atoms with van der Waals surface area (Å²) in [6.45, 7) is 3.42. The van der Waals surface area contributed by atoms with Crippen LogP contribution >= 0.6 is 11.6 Å². The Morgan fingerprint density at radius 1 is 1.08 bits per heavy atom. The molecule has 1 saturated carbocycles. The molecule has 2 aliphatic rings. The molecule has 9 heteroatoms. The first kappa shape index (κ1) is 24.7. The summed E-state index contributed by atoms with van der Waals surface area (Å²) in [6, 6.07) is 11.9. The lowest BCUT2D eigenvalue weighted by molar-refractivity contribution is 0.0919. The molecule has 196 valence electrons. The van der Waals surface area contributed by atoms with Gasteiger partial charge >= 0.3 is 5.69 Å². The van der Waals surface area contributed by atoms with E-state index in [2.05, 4.69) is 26.3 Å². The van der Waals surface area contributed by atoms with Gasteiger partial charge in [-0.3, -0.25) is 18.9 Å². The molecule has 8 nitrogen and oxygen atoms in total. The fourth-order valence-corrected chi connectivity index (χ4v) is 6.07. The SMILES string of the molecule is Cc1ncc(Cl)cc1C(=O)N[C@H]1CC[C@H](Cn2c(=O)n(-c3cnc4c(c3)CCN4C)c3ccccc32)CC1. The predicted octanol–water partition coefficient (Wildman–Crippen LogP) is 4.53. The van der Waals surface area contributed by atoms with Gasteiger partial charge in [0.15, 0.2) is 0 Å². The van der Waals surface area contributed by atoms with Crippen molar-refractivity contribution in [2.45, 2.75) is 51.6 Å². The lowest BCUT2D eigenvalue weighted by Crippen LogP contribution is -2.39. The summed E-state index contributed by atoms with van der Waals surface area (Å²) in [4.78, 5) is 37.6. The number of aryl methyl sites for hydroxylation is 1. The number of imidazole rings is 1. The number of hydrogen-bond acceptors (Lipinski definition) is 5. The molecule has 3 aromatic heterocycles. The average Bonchev–Trinajstić information content (AvgIpc) is 3.42. The number of halogens is 1. The van der Waals surface area contributed by atoms with E-state index in [9.17, 15) is 9.59 Å². The maximum atomic E-state index is 13.8. The van der Waals surface area contributed by atoms with Crippen LogP contribution in [0.4, 0.5) is 5.82 Å². The van der Waals surface area contributed by atoms with Crippen molar-refractivity contribution in [2.75, 3.05) is 18.5 Å². The number of benzene rings is 1. The lowest BCUT2D eigenvalue weighted by atomic mass is 9.85. The van der Waals surface area contributed by atoms with Gasteiger partial charge in [-0.2, -0.15) is 0 Å². The van der Waals surface area contributed by atoms with Gasteiger partial charge in [-0.25, -0.2) is 9.78 Å². The lowest BCUT2D eigenvalue weighted by Gasteiger charge is -2.29. The number of aromatic nitrogens is 4. The molecule has 1 amide bonds. The Labute approximate surface area is 226 Å². The van der Waals surface area contributed by atoms with E-state index in [0.29, 0.717) is 28.7 Å². The number of fused-ring (bicyclic) bond motifs is 2. The first-order valence-electron chi connectivity index (χ1n) is 13.2. The summed E-state index contributed by atoms with van der Waals surface area (Å²) in [6.07, 6.45) is 7.93. The number of nitrogens with one attached hydrogen (secondary N) is 1. The molecule has 1 aliphatic carbocycles. The number of carbonyl (C=O) groups is 1. The van der Waals surface area contributed by atoms with Crippen LogP contribution in [-0.2, 0) is 13.0 Å². The quantitative estimate of drug-likeness (QED) is 0.410. The standard InChI is InChI=1S/C29H31ClN6O2/c1-18-24(14-21(30)15-31-18)28(37)33-22-9-7-19(8-10-22)17-35-25-5-3-4-6-26(25)36(29(35)38)23-13-20-11-12-34(2)27(20)32-16-23/h3-6,13-16,19,22H,7-12,17H2,1-2H3,(H,33,37)/t19-,22-. The van der Waals surface area contributed by atoms with Gasteiger partial charge in [0.25, 0.3) is 5.91 Å². The van der Waals surface area contributed by atoms with Gasteiger partial charge in [-0.1, -0.05) is 23.7 Å². The minimum absolute atomic E-state index is 0.0290. The highest BCUT2D eigenvalue weighted by Crippen LogP contribution is 2.29. The Morgan fingerprint density at radius 3 is 2.63 bits per heavy atom. The highest BCUT2D eigenvalue weighted by molar-refractivity contribution is 6.30. The van der Waals surface area contributed by atoms with Gasteiger partial charge in [0.05, 0.1) is 39.2 Å². The van der Waals surface area contributed by atoms with E-state index in [1.54, 1.807) is 16.8 Å². The molecule has 0 spiro atoms. The summed E-state index contributed by atoms with van der Waals surface area (Å²) in [5, 5.41) is 3.61. The second-order valence-corrected chi connectivity index (χ2v) is 11.0. The maximum absolute atomic E-state index is 13.8. The van der Waals surface area contributed by atoms with E-state index >= 15 is 0 Å². The molecule has 0 saturated heterocycles. The molecule has 6 rings (SSSR count). The third-order valence-electron chi connectivity index (χ3n) is 8.02. The van der Waals surface area contributed by atoms with Gasteiger partial charge in [0, 0.05) is 32.4 Å². The molecule has 1 aliphatic heterocycles. The van der Waals surface area contributed by atoms with Gasteiger partial charge < -0.3 is 10.2 Å². The van der Waals surface area contributed by atoms with Crippen LogP contribution in [0.2, 0.25) is 5.02 Å². The number of amides is 1. The van der Waals surface area contributed by atoms with E-state index < -0.39 is 0 Å². The molecule has 1 fully saturated rings. The second kappa shape index (κ2) is 9.91. The monoisotopic (exact) mass is 530 g/mol. The Bertz CT molecular complexity index is 1580. The Balaban J connectivity index is 1.19. The fourth-order valence-electron chi connectivity index (χ4n) is 5.92. The zero-order valence-corrected chi connectivity index (χ0v) is 22.4. The smallest absolute Gasteiger partial charge is 0.333 e. The number of anilines is 1. The van der Waals surface area contributed by atoms with Crippen molar-refractivity contribution in [1.29, 1.82) is 0 Å². The van der Waals surface area contributed by atoms with Crippen LogP contribution in [0.15, 0.2) is 53.6 Å². The number of rotatable bonds is 5. The zero-order valence-electron chi connectivity index (χ0n) is 21.7. The molecule has 0 bridgehead atoms. The van der Waals surface area contributed by atoms with Crippen molar-refractivity contribution >= 4 is 34.4 Å². The van der Waals surface area contributed by atoms with Crippen LogP contribution in [0.25, 0.3) is 16.7 Å². The van der Waals surface area contributed by atoms with Crippen molar-refractivity contribution in [3.05, 3.63) is 81.1 Å². The summed E-state index contributed by atoms with van der Waals surface area (Å²) in [7, 11) is 2.05. The van der Waals surface area contributed by atoms with Crippen LogP contribution in [0, 0.1) is 12.8 Å². The molecule has 0 atom stereocenters. The van der Waals surface area contributed by atoms with Crippen molar-refractivity contribution in [2.24, 2.45) is 5.92 Å². The number of nitrogens with zero attached hydrogens (tertiary/aromatic N) is 5. The Kier molecular flexibility index (Phi) is 6.43. The molecule has 4 heterocycles. The number of pyridine rings is 2. The van der Waals surface area contributed by atoms with E-state index in [1.807, 2.05) is 49.0 Å². The number of likely N-dealkylation sites (N-methyl/N-ethyl adjacent to an activating group) is 1. The van der Waals surface area contributed by atoms with Crippen LogP contribution in [-0.4, -0.2) is 44.6 Å². The summed E-state index contributed by atoms with van der Waals surface area (Å²) >= 11 is 6.05. The molecule has 1 aromatic carbocycles. The molecule has 38 heavy (non-hydrogen) atoms. The Hall–Kier alpha value is -3.65. The number of hydrogen-bond donors (Lipinski definition) is 1. The molecular weight excluding hydrogens is 500 g/mol. The van der Waals surface area contributed by atoms with Gasteiger partial charge in [-0.05, 0) is 74.8 Å². The van der Waals surface area contributed by atoms with Gasteiger partial charge in [-0.15, -0.1) is 0 Å². The zero-order chi connectivity index (χ0) is 26.4. The minimum Gasteiger partial charge on any atom is -0.359 e. The first-order chi connectivity index (χ1) is 18.4. The minimum atomic E-state index is -0.130. The van der Waals surface area contributed by atoms with E-state index in [-0.39, 0.29) is 17.6 Å². The van der Waals surface area contributed by atoms with Crippen LogP contribution in [0.5, 0.6) is 0 Å². The van der Waals surface area contributed by atoms with E-state index in [0.717, 1.165) is 61.2 Å². The maximum Gasteiger partial charge on any atom is 0.333 e. The summed E-state index contributed by atoms with van der Waals surface area (Å²) in [5.41, 5.74) is 4.99. The molecule has 1 N–H and O–H groups in total. The van der Waals surface area contributed by atoms with Crippen molar-refractivity contribution in [1.82, 2.24) is 24.4 Å². The van der Waals surface area contributed by atoms with Crippen molar-refractivity contribution in [3.63, 3.8) is 0 Å². The van der Waals surface area contributed by atoms with Crippen LogP contribution in [0.1, 0.15) is 47.3 Å². The third kappa shape index (κ3) is 4.47. The number of carbonyl (C=O) groups excluding carboxylic acids is 1. The molecule has 4 aromatic rings. The Morgan fingerprint density at radius 2 is 1.84 bits per heavy atom. The number of para-hydroxylation sites is 2. The largest absolute Gasteiger partial charge is 0.359 e. The van der Waals surface area contributed by atoms with E-state index in [1.165, 1.54) is 5.56 Å². The van der Waals surface area contributed by atoms with E-state index in [4.69, 9.17) is 11.6 Å². The third-order valence-corrected chi connectivity index (χ3v) is 8.23. The predicted molar refractivity (Wildman–Crippen MR) is 150 cm³/mol.